The van der Waals surface area contributed by atoms with Crippen molar-refractivity contribution in [2.24, 2.45) is 5.92 Å². The average molecular weight is 440 g/mol. The number of nitrogens with zero attached hydrogens (tertiary/aromatic N) is 5. The van der Waals surface area contributed by atoms with E-state index in [2.05, 4.69) is 65.6 Å². The molecule has 0 aliphatic carbocycles. The second-order valence-corrected chi connectivity index (χ2v) is 9.38. The van der Waals surface area contributed by atoms with Crippen LogP contribution in [0.1, 0.15) is 61.5 Å². The molecule has 2 aromatic rings. The van der Waals surface area contributed by atoms with Crippen LogP contribution in [0.3, 0.4) is 0 Å². The van der Waals surface area contributed by atoms with Crippen LogP contribution in [-0.4, -0.2) is 65.0 Å². The van der Waals surface area contributed by atoms with Crippen LogP contribution >= 0.6 is 0 Å². The Morgan fingerprint density at radius 2 is 1.84 bits per heavy atom. The lowest BCUT2D eigenvalue weighted by atomic mass is 9.95. The van der Waals surface area contributed by atoms with Crippen LogP contribution < -0.4 is 4.90 Å². The smallest absolute Gasteiger partial charge is 0.227 e. The highest BCUT2D eigenvalue weighted by atomic mass is 16.5. The van der Waals surface area contributed by atoms with E-state index in [4.69, 9.17) is 4.74 Å². The van der Waals surface area contributed by atoms with Crippen molar-refractivity contribution >= 4 is 11.9 Å². The molecule has 1 aromatic heterocycles. The summed E-state index contributed by atoms with van der Waals surface area (Å²) >= 11 is 0. The van der Waals surface area contributed by atoms with Crippen molar-refractivity contribution in [3.05, 3.63) is 40.7 Å². The maximum Gasteiger partial charge on any atom is 0.227 e. The third-order valence-corrected chi connectivity index (χ3v) is 7.09. The quantitative estimate of drug-likeness (QED) is 0.689. The summed E-state index contributed by atoms with van der Waals surface area (Å²) in [5.74, 6) is 2.74. The van der Waals surface area contributed by atoms with Crippen LogP contribution in [0.5, 0.6) is 0 Å². The minimum absolute atomic E-state index is 0.106. The molecule has 174 valence electrons. The van der Waals surface area contributed by atoms with Gasteiger partial charge in [-0.1, -0.05) is 37.6 Å². The lowest BCUT2D eigenvalue weighted by Crippen LogP contribution is -2.47. The number of anilines is 1. The van der Waals surface area contributed by atoms with Crippen molar-refractivity contribution in [1.82, 2.24) is 19.7 Å². The number of rotatable bonds is 6. The summed E-state index contributed by atoms with van der Waals surface area (Å²) in [5.41, 5.74) is 3.89. The van der Waals surface area contributed by atoms with Crippen LogP contribution in [-0.2, 0) is 16.1 Å². The van der Waals surface area contributed by atoms with Crippen LogP contribution in [0.2, 0.25) is 0 Å². The molecule has 32 heavy (non-hydrogen) atoms. The Labute approximate surface area is 191 Å². The van der Waals surface area contributed by atoms with Gasteiger partial charge in [-0.3, -0.25) is 9.36 Å². The molecule has 3 heterocycles. The fourth-order valence-electron chi connectivity index (χ4n) is 4.80. The normalized spacial score (nSPS) is 18.8. The second-order valence-electron chi connectivity index (χ2n) is 9.38. The molecule has 2 aliphatic heterocycles. The Morgan fingerprint density at radius 1 is 1.12 bits per heavy atom. The first-order valence-electron chi connectivity index (χ1n) is 12.1. The molecule has 7 nitrogen and oxygen atoms in total. The number of piperidine rings is 1. The Hall–Kier alpha value is -2.41. The molecule has 0 bridgehead atoms. The lowest BCUT2D eigenvalue weighted by Gasteiger charge is -2.36. The highest BCUT2D eigenvalue weighted by molar-refractivity contribution is 5.79. The van der Waals surface area contributed by atoms with E-state index < -0.39 is 0 Å². The van der Waals surface area contributed by atoms with Crippen molar-refractivity contribution in [2.75, 3.05) is 44.3 Å². The first kappa shape index (κ1) is 22.8. The first-order chi connectivity index (χ1) is 15.5. The summed E-state index contributed by atoms with van der Waals surface area (Å²) < 4.78 is 7.70. The summed E-state index contributed by atoms with van der Waals surface area (Å²) in [6.07, 6.45) is 2.76. The van der Waals surface area contributed by atoms with Crippen molar-refractivity contribution in [3.63, 3.8) is 0 Å². The minimum atomic E-state index is 0.106. The Kier molecular flexibility index (Phi) is 7.13. The molecule has 2 aliphatic rings. The molecular weight excluding hydrogens is 402 g/mol. The largest absolute Gasteiger partial charge is 0.378 e. The summed E-state index contributed by atoms with van der Waals surface area (Å²) in [6.45, 7) is 14.0. The number of benzene rings is 1. The summed E-state index contributed by atoms with van der Waals surface area (Å²) in [5, 5.41) is 9.25. The Balaban J connectivity index is 1.51. The van der Waals surface area contributed by atoms with Crippen LogP contribution in [0.15, 0.2) is 18.2 Å². The van der Waals surface area contributed by atoms with E-state index in [1.807, 2.05) is 4.90 Å². The fraction of sp³-hybridized carbons (Fsp3) is 0.640. The van der Waals surface area contributed by atoms with Crippen LogP contribution in [0, 0.1) is 19.8 Å². The van der Waals surface area contributed by atoms with E-state index in [0.717, 1.165) is 63.8 Å². The van der Waals surface area contributed by atoms with Gasteiger partial charge in [0.25, 0.3) is 0 Å². The molecular formula is C25H37N5O2. The first-order valence-corrected chi connectivity index (χ1v) is 12.1. The molecule has 1 amide bonds. The van der Waals surface area contributed by atoms with Crippen LogP contribution in [0.4, 0.5) is 5.95 Å². The number of ether oxygens (including phenoxy) is 1. The Morgan fingerprint density at radius 3 is 2.50 bits per heavy atom. The number of aromatic nitrogens is 3. The van der Waals surface area contributed by atoms with Crippen molar-refractivity contribution in [2.45, 2.75) is 59.4 Å². The number of morpholine rings is 1. The number of aryl methyl sites for hydroxylation is 2. The van der Waals surface area contributed by atoms with Gasteiger partial charge < -0.3 is 14.5 Å². The molecule has 0 N–H and O–H groups in total. The van der Waals surface area contributed by atoms with E-state index in [9.17, 15) is 4.79 Å². The van der Waals surface area contributed by atoms with E-state index in [-0.39, 0.29) is 5.92 Å². The Bertz CT molecular complexity index is 926. The van der Waals surface area contributed by atoms with E-state index >= 15 is 0 Å². The van der Waals surface area contributed by atoms with E-state index in [1.165, 1.54) is 16.7 Å². The van der Waals surface area contributed by atoms with Crippen molar-refractivity contribution in [1.29, 1.82) is 0 Å². The van der Waals surface area contributed by atoms with Crippen LogP contribution in [0.25, 0.3) is 0 Å². The topological polar surface area (TPSA) is 63.5 Å². The minimum Gasteiger partial charge on any atom is -0.378 e. The second kappa shape index (κ2) is 10.0. The highest BCUT2D eigenvalue weighted by Crippen LogP contribution is 2.28. The van der Waals surface area contributed by atoms with Crippen molar-refractivity contribution < 1.29 is 9.53 Å². The van der Waals surface area contributed by atoms with Gasteiger partial charge in [0.05, 0.1) is 19.8 Å². The summed E-state index contributed by atoms with van der Waals surface area (Å²) in [4.78, 5) is 17.2. The van der Waals surface area contributed by atoms with Gasteiger partial charge in [-0.25, -0.2) is 0 Å². The van der Waals surface area contributed by atoms with Gasteiger partial charge in [0.1, 0.15) is 5.82 Å². The molecule has 1 unspecified atom stereocenters. The van der Waals surface area contributed by atoms with Gasteiger partial charge in [0, 0.05) is 38.0 Å². The number of carbonyl (C=O) groups is 1. The van der Waals surface area contributed by atoms with Gasteiger partial charge in [-0.05, 0) is 44.2 Å². The van der Waals surface area contributed by atoms with Gasteiger partial charge >= 0.3 is 0 Å². The lowest BCUT2D eigenvalue weighted by molar-refractivity contribution is -0.140. The molecule has 0 spiro atoms. The standard InChI is InChI=1S/C25H37N5O2/c1-5-19(3)23-26-27-25(30(23)17-22-7-6-18(2)16-20(22)4)29-10-8-21(9-11-29)24(31)28-12-14-32-15-13-28/h6-7,16,19,21H,5,8-15,17H2,1-4H3. The summed E-state index contributed by atoms with van der Waals surface area (Å²) in [7, 11) is 0. The zero-order valence-electron chi connectivity index (χ0n) is 20.0. The van der Waals surface area contributed by atoms with E-state index in [0.29, 0.717) is 25.0 Å². The highest BCUT2D eigenvalue weighted by Gasteiger charge is 2.31. The maximum atomic E-state index is 12.9. The molecule has 4 rings (SSSR count). The van der Waals surface area contributed by atoms with Crippen molar-refractivity contribution in [3.8, 4) is 0 Å². The third-order valence-electron chi connectivity index (χ3n) is 7.09. The number of hydrogen-bond acceptors (Lipinski definition) is 5. The number of carbonyl (C=O) groups excluding carboxylic acids is 1. The monoisotopic (exact) mass is 439 g/mol. The molecule has 2 saturated heterocycles. The predicted molar refractivity (Wildman–Crippen MR) is 126 cm³/mol. The van der Waals surface area contributed by atoms with Gasteiger partial charge in [-0.2, -0.15) is 0 Å². The molecule has 0 saturated carbocycles. The van der Waals surface area contributed by atoms with E-state index in [1.54, 1.807) is 0 Å². The molecule has 2 fully saturated rings. The van der Waals surface area contributed by atoms with Gasteiger partial charge in [0.15, 0.2) is 0 Å². The predicted octanol–water partition coefficient (Wildman–Crippen LogP) is 3.53. The SMILES string of the molecule is CCC(C)c1nnc(N2CCC(C(=O)N3CCOCC3)CC2)n1Cc1ccc(C)cc1C. The zero-order chi connectivity index (χ0) is 22.7. The molecule has 1 aromatic carbocycles. The third kappa shape index (κ3) is 4.82. The van der Waals surface area contributed by atoms with Gasteiger partial charge in [-0.15, -0.1) is 10.2 Å². The molecule has 0 radical (unpaired) electrons. The zero-order valence-corrected chi connectivity index (χ0v) is 20.0. The number of amides is 1. The average Bonchev–Trinajstić information content (AvgIpc) is 3.24. The fourth-order valence-corrected chi connectivity index (χ4v) is 4.80. The summed E-state index contributed by atoms with van der Waals surface area (Å²) in [6, 6.07) is 6.64. The molecule has 1 atom stereocenters. The molecule has 7 heteroatoms. The van der Waals surface area contributed by atoms with Gasteiger partial charge in [0.2, 0.25) is 11.9 Å². The maximum absolute atomic E-state index is 12.9. The number of hydrogen-bond donors (Lipinski definition) is 0.